The SMILES string of the molecule is Cc1cccc2c1C=C[CH]2[Zr]([CH3])([CH3])(=[SiH2])[CH]1C=Cc2c(-c3ccccc3)cccc21.Cl.Cl. The van der Waals surface area contributed by atoms with E-state index in [-0.39, 0.29) is 24.8 Å². The van der Waals surface area contributed by atoms with E-state index in [0.29, 0.717) is 7.25 Å². The van der Waals surface area contributed by atoms with Gasteiger partial charge in [-0.1, -0.05) is 0 Å². The topological polar surface area (TPSA) is 0 Å². The number of rotatable bonds is 3. The first-order valence-corrected chi connectivity index (χ1v) is 24.2. The summed E-state index contributed by atoms with van der Waals surface area (Å²) in [4.78, 5) is 0. The fraction of sp³-hybridized carbons (Fsp3) is 0.185. The van der Waals surface area contributed by atoms with E-state index in [1.165, 1.54) is 27.8 Å². The zero-order chi connectivity index (χ0) is 20.2. The molecule has 31 heavy (non-hydrogen) atoms. The van der Waals surface area contributed by atoms with E-state index < -0.39 is 17.4 Å². The average molecular weight is 545 g/mol. The van der Waals surface area contributed by atoms with Crippen molar-refractivity contribution in [3.63, 3.8) is 0 Å². The molecular weight excluding hydrogens is 515 g/mol. The van der Waals surface area contributed by atoms with E-state index in [2.05, 4.69) is 114 Å². The zero-order valence-corrected chi connectivity index (χ0v) is 23.8. The second kappa shape index (κ2) is 8.64. The fourth-order valence-corrected chi connectivity index (χ4v) is 20.6. The molecule has 160 valence electrons. The van der Waals surface area contributed by atoms with E-state index in [0.717, 1.165) is 0 Å². The molecule has 2 aliphatic carbocycles. The van der Waals surface area contributed by atoms with Gasteiger partial charge in [-0.15, -0.1) is 24.8 Å². The van der Waals surface area contributed by atoms with Gasteiger partial charge in [0.25, 0.3) is 0 Å². The first kappa shape index (κ1) is 24.5. The van der Waals surface area contributed by atoms with Crippen LogP contribution in [0.5, 0.6) is 0 Å². The van der Waals surface area contributed by atoms with Crippen LogP contribution in [0.1, 0.15) is 35.1 Å². The van der Waals surface area contributed by atoms with Crippen molar-refractivity contribution in [1.82, 2.24) is 0 Å². The van der Waals surface area contributed by atoms with Crippen LogP contribution in [0.2, 0.25) is 9.26 Å². The van der Waals surface area contributed by atoms with Gasteiger partial charge in [-0.3, -0.25) is 0 Å². The quantitative estimate of drug-likeness (QED) is 0.297. The van der Waals surface area contributed by atoms with E-state index in [4.69, 9.17) is 0 Å². The first-order chi connectivity index (χ1) is 13.9. The molecule has 2 unspecified atom stereocenters. The van der Waals surface area contributed by atoms with Crippen LogP contribution in [0.3, 0.4) is 0 Å². The Hall–Kier alpha value is -1.18. The van der Waals surface area contributed by atoms with Gasteiger partial charge in [0.1, 0.15) is 0 Å². The van der Waals surface area contributed by atoms with Gasteiger partial charge >= 0.3 is 178 Å². The van der Waals surface area contributed by atoms with Crippen LogP contribution in [0.25, 0.3) is 23.3 Å². The van der Waals surface area contributed by atoms with E-state index in [1.54, 1.807) is 11.1 Å². The minimum absolute atomic E-state index is 0. The molecule has 5 rings (SSSR count). The molecule has 3 aromatic rings. The Balaban J connectivity index is 0.00000136. The number of hydrogen-bond donors (Lipinski definition) is 0. The molecule has 2 atom stereocenters. The minimum atomic E-state index is -3.21. The van der Waals surface area contributed by atoms with Crippen LogP contribution < -0.4 is 0 Å². The predicted molar refractivity (Wildman–Crippen MR) is 141 cm³/mol. The van der Waals surface area contributed by atoms with Crippen molar-refractivity contribution in [3.8, 4) is 11.1 Å². The molecule has 0 nitrogen and oxygen atoms in total. The number of benzene rings is 3. The third kappa shape index (κ3) is 3.91. The zero-order valence-electron chi connectivity index (χ0n) is 18.3. The van der Waals surface area contributed by atoms with Crippen LogP contribution in [-0.4, -0.2) is 6.88 Å². The van der Waals surface area contributed by atoms with Gasteiger partial charge in [-0.2, -0.15) is 0 Å². The van der Waals surface area contributed by atoms with Crippen molar-refractivity contribution in [1.29, 1.82) is 0 Å². The fourth-order valence-electron chi connectivity index (χ4n) is 5.55. The molecule has 0 fully saturated rings. The van der Waals surface area contributed by atoms with Gasteiger partial charge in [-0.25, -0.2) is 0 Å². The molecule has 2 aliphatic rings. The van der Waals surface area contributed by atoms with Crippen molar-refractivity contribution >= 4 is 43.8 Å². The molecule has 0 heterocycles. The number of fused-ring (bicyclic) bond motifs is 2. The van der Waals surface area contributed by atoms with Gasteiger partial charge in [0.05, 0.1) is 0 Å². The molecule has 0 aliphatic heterocycles. The van der Waals surface area contributed by atoms with Crippen LogP contribution in [0.4, 0.5) is 0 Å². The van der Waals surface area contributed by atoms with Crippen molar-refractivity contribution < 1.29 is 17.4 Å². The molecule has 3 aromatic carbocycles. The Bertz CT molecular complexity index is 1250. The average Bonchev–Trinajstić information content (AvgIpc) is 3.34. The maximum Gasteiger partial charge on any atom is -0.147 e. The minimum Gasteiger partial charge on any atom is -0.147 e. The maximum absolute atomic E-state index is 3.21. The molecule has 0 N–H and O–H groups in total. The van der Waals surface area contributed by atoms with E-state index >= 15 is 0 Å². The van der Waals surface area contributed by atoms with Crippen LogP contribution in [0, 0.1) is 6.92 Å². The van der Waals surface area contributed by atoms with Gasteiger partial charge in [0.15, 0.2) is 0 Å². The smallest absolute Gasteiger partial charge is 0.147 e. The predicted octanol–water partition coefficient (Wildman–Crippen LogP) is 7.68. The number of hydrogen-bond acceptors (Lipinski definition) is 0. The molecule has 0 saturated heterocycles. The Morgan fingerprint density at radius 1 is 0.677 bits per heavy atom. The summed E-state index contributed by atoms with van der Waals surface area (Å²) in [5.74, 6) is 0. The standard InChI is InChI=1S/C15H11.C10H9.2CH3.2ClH.H2Si.Zr/c1-2-6-12(7-3-1)14-10-4-8-13-9-5-11-15(13)14;1-8-4-2-5-9-6-3-7-10(8)9;;;;;;/h1-11H;2-7H,1H3;2*1H3;2*1H;1H2;. The van der Waals surface area contributed by atoms with Crippen LogP contribution in [-0.2, 0) is 17.4 Å². The molecular formula is C27H30Cl2SiZr. The normalized spacial score (nSPS) is 18.7. The van der Waals surface area contributed by atoms with E-state index in [1.807, 2.05) is 0 Å². The third-order valence-corrected chi connectivity index (χ3v) is 24.9. The molecule has 0 radical (unpaired) electrons. The summed E-state index contributed by atoms with van der Waals surface area (Å²) >= 11 is -3.21. The van der Waals surface area contributed by atoms with E-state index in [9.17, 15) is 0 Å². The maximum atomic E-state index is 2.67. The summed E-state index contributed by atoms with van der Waals surface area (Å²) in [5.41, 5.74) is 10.1. The summed E-state index contributed by atoms with van der Waals surface area (Å²) in [6, 6.07) is 24.6. The summed E-state index contributed by atoms with van der Waals surface area (Å²) < 4.78 is 6.53. The summed E-state index contributed by atoms with van der Waals surface area (Å²) in [6.45, 7) is 4.63. The van der Waals surface area contributed by atoms with Gasteiger partial charge in [-0.05, 0) is 0 Å². The molecule has 0 aromatic heterocycles. The summed E-state index contributed by atoms with van der Waals surface area (Å²) in [5, 5.41) is 0. The Morgan fingerprint density at radius 3 is 1.87 bits per heavy atom. The second-order valence-corrected chi connectivity index (χ2v) is 40.6. The molecule has 0 bridgehead atoms. The molecule has 4 heteroatoms. The van der Waals surface area contributed by atoms with Crippen molar-refractivity contribution in [2.45, 2.75) is 23.4 Å². The monoisotopic (exact) mass is 542 g/mol. The summed E-state index contributed by atoms with van der Waals surface area (Å²) in [6.07, 6.45) is 9.87. The number of halogens is 2. The van der Waals surface area contributed by atoms with Crippen LogP contribution in [0.15, 0.2) is 78.9 Å². The van der Waals surface area contributed by atoms with Gasteiger partial charge in [0.2, 0.25) is 0 Å². The third-order valence-electron chi connectivity index (χ3n) is 7.21. The summed E-state index contributed by atoms with van der Waals surface area (Å²) in [7, 11) is 0. The Morgan fingerprint density at radius 2 is 1.23 bits per heavy atom. The first-order valence-electron chi connectivity index (χ1n) is 10.6. The Labute approximate surface area is 201 Å². The molecule has 0 saturated carbocycles. The number of allylic oxidation sites excluding steroid dienone is 2. The largest absolute Gasteiger partial charge is 0.147 e. The van der Waals surface area contributed by atoms with Gasteiger partial charge in [0, 0.05) is 0 Å². The second-order valence-electron chi connectivity index (χ2n) is 9.86. The Kier molecular flexibility index (Phi) is 6.82. The van der Waals surface area contributed by atoms with Crippen LogP contribution >= 0.6 is 24.8 Å². The number of aryl methyl sites for hydroxylation is 1. The van der Waals surface area contributed by atoms with Crippen molar-refractivity contribution in [2.24, 2.45) is 0 Å². The van der Waals surface area contributed by atoms with Crippen molar-refractivity contribution in [3.05, 3.63) is 107 Å². The van der Waals surface area contributed by atoms with Crippen molar-refractivity contribution in [2.75, 3.05) is 0 Å². The molecule has 0 amide bonds. The van der Waals surface area contributed by atoms with Gasteiger partial charge < -0.3 is 0 Å². The molecule has 0 spiro atoms.